The molecule has 3 heteroatoms. The second-order valence-electron chi connectivity index (χ2n) is 3.93. The van der Waals surface area contributed by atoms with Crippen LogP contribution in [-0.2, 0) is 4.74 Å². The Labute approximate surface area is 95.2 Å². The molecule has 0 amide bonds. The number of hydrogen-bond acceptors (Lipinski definition) is 3. The van der Waals surface area contributed by atoms with Crippen molar-refractivity contribution in [2.24, 2.45) is 0 Å². The Balaban J connectivity index is 3.75. The van der Waals surface area contributed by atoms with Crippen molar-refractivity contribution < 1.29 is 4.74 Å². The summed E-state index contributed by atoms with van der Waals surface area (Å²) < 4.78 is 5.37. The lowest BCUT2D eigenvalue weighted by molar-refractivity contribution is 0.104. The molecule has 0 fully saturated rings. The van der Waals surface area contributed by atoms with Gasteiger partial charge in [0, 0.05) is 25.7 Å². The van der Waals surface area contributed by atoms with E-state index < -0.39 is 0 Å². The van der Waals surface area contributed by atoms with Gasteiger partial charge < -0.3 is 10.1 Å². The molecule has 0 rings (SSSR count). The molecule has 0 aliphatic heterocycles. The van der Waals surface area contributed by atoms with Crippen molar-refractivity contribution in [2.45, 2.75) is 39.7 Å². The van der Waals surface area contributed by atoms with E-state index in [1.807, 2.05) is 6.92 Å². The van der Waals surface area contributed by atoms with Crippen LogP contribution in [0.3, 0.4) is 0 Å². The van der Waals surface area contributed by atoms with E-state index in [-0.39, 0.29) is 0 Å². The van der Waals surface area contributed by atoms with Crippen molar-refractivity contribution in [2.75, 3.05) is 39.9 Å². The lowest BCUT2D eigenvalue weighted by Crippen LogP contribution is -2.41. The standard InChI is InChI=1S/C12H28N2O/c1-5-8-12(11-13-6-2)14(4)9-10-15-7-3/h12-13H,5-11H2,1-4H3. The zero-order valence-corrected chi connectivity index (χ0v) is 10.9. The quantitative estimate of drug-likeness (QED) is 0.563. The summed E-state index contributed by atoms with van der Waals surface area (Å²) in [6.07, 6.45) is 2.50. The fourth-order valence-electron chi connectivity index (χ4n) is 1.66. The molecule has 0 spiro atoms. The molecular formula is C12H28N2O. The molecule has 3 nitrogen and oxygen atoms in total. The first-order chi connectivity index (χ1) is 7.26. The second kappa shape index (κ2) is 10.4. The monoisotopic (exact) mass is 216 g/mol. The van der Waals surface area contributed by atoms with E-state index in [0.717, 1.165) is 32.8 Å². The zero-order chi connectivity index (χ0) is 11.5. The van der Waals surface area contributed by atoms with Gasteiger partial charge >= 0.3 is 0 Å². The molecule has 0 radical (unpaired) electrons. The first kappa shape index (κ1) is 14.9. The van der Waals surface area contributed by atoms with Gasteiger partial charge in [0.25, 0.3) is 0 Å². The molecule has 0 aromatic heterocycles. The Bertz CT molecular complexity index is 131. The summed E-state index contributed by atoms with van der Waals surface area (Å²) in [5.41, 5.74) is 0. The first-order valence-electron chi connectivity index (χ1n) is 6.24. The summed E-state index contributed by atoms with van der Waals surface area (Å²) in [7, 11) is 2.19. The van der Waals surface area contributed by atoms with Crippen molar-refractivity contribution in [1.29, 1.82) is 0 Å². The highest BCUT2D eigenvalue weighted by Gasteiger charge is 2.12. The minimum Gasteiger partial charge on any atom is -0.380 e. The van der Waals surface area contributed by atoms with Crippen LogP contribution in [0.1, 0.15) is 33.6 Å². The van der Waals surface area contributed by atoms with Crippen molar-refractivity contribution in [3.63, 3.8) is 0 Å². The summed E-state index contributed by atoms with van der Waals surface area (Å²) in [6, 6.07) is 0.649. The van der Waals surface area contributed by atoms with Crippen molar-refractivity contribution >= 4 is 0 Å². The third-order valence-corrected chi connectivity index (χ3v) is 2.67. The second-order valence-corrected chi connectivity index (χ2v) is 3.93. The summed E-state index contributed by atoms with van der Waals surface area (Å²) in [5, 5.41) is 3.42. The molecule has 0 saturated heterocycles. The number of nitrogens with one attached hydrogen (secondary N) is 1. The summed E-state index contributed by atoms with van der Waals surface area (Å²) in [4.78, 5) is 2.40. The van der Waals surface area contributed by atoms with E-state index in [1.54, 1.807) is 0 Å². The van der Waals surface area contributed by atoms with Crippen LogP contribution in [0.4, 0.5) is 0 Å². The van der Waals surface area contributed by atoms with Crippen LogP contribution >= 0.6 is 0 Å². The van der Waals surface area contributed by atoms with E-state index >= 15 is 0 Å². The summed E-state index contributed by atoms with van der Waals surface area (Å²) >= 11 is 0. The van der Waals surface area contributed by atoms with Gasteiger partial charge in [-0.2, -0.15) is 0 Å². The fourth-order valence-corrected chi connectivity index (χ4v) is 1.66. The van der Waals surface area contributed by atoms with Crippen LogP contribution in [0.15, 0.2) is 0 Å². The van der Waals surface area contributed by atoms with Crippen LogP contribution in [0.2, 0.25) is 0 Å². The molecule has 0 aliphatic carbocycles. The maximum absolute atomic E-state index is 5.37. The van der Waals surface area contributed by atoms with Crippen LogP contribution < -0.4 is 5.32 Å². The number of rotatable bonds is 10. The molecule has 0 aromatic carbocycles. The van der Waals surface area contributed by atoms with Gasteiger partial charge in [0.2, 0.25) is 0 Å². The topological polar surface area (TPSA) is 24.5 Å². The highest BCUT2D eigenvalue weighted by Crippen LogP contribution is 2.03. The Morgan fingerprint density at radius 2 is 2.00 bits per heavy atom. The molecule has 0 aromatic rings. The van der Waals surface area contributed by atoms with E-state index in [4.69, 9.17) is 4.74 Å². The maximum atomic E-state index is 5.37. The highest BCUT2D eigenvalue weighted by atomic mass is 16.5. The minimum absolute atomic E-state index is 0.649. The summed E-state index contributed by atoms with van der Waals surface area (Å²) in [6.45, 7) is 11.3. The summed E-state index contributed by atoms with van der Waals surface area (Å²) in [5.74, 6) is 0. The van der Waals surface area contributed by atoms with Gasteiger partial charge in [-0.3, -0.25) is 4.90 Å². The number of nitrogens with zero attached hydrogens (tertiary/aromatic N) is 1. The predicted molar refractivity (Wildman–Crippen MR) is 66.4 cm³/mol. The van der Waals surface area contributed by atoms with Gasteiger partial charge in [-0.05, 0) is 26.9 Å². The molecule has 1 unspecified atom stereocenters. The Morgan fingerprint density at radius 3 is 2.53 bits per heavy atom. The Morgan fingerprint density at radius 1 is 1.27 bits per heavy atom. The number of hydrogen-bond donors (Lipinski definition) is 1. The largest absolute Gasteiger partial charge is 0.380 e. The lowest BCUT2D eigenvalue weighted by Gasteiger charge is -2.28. The number of ether oxygens (including phenoxy) is 1. The van der Waals surface area contributed by atoms with E-state index in [9.17, 15) is 0 Å². The van der Waals surface area contributed by atoms with Gasteiger partial charge in [-0.15, -0.1) is 0 Å². The Kier molecular flexibility index (Phi) is 10.3. The molecule has 1 atom stereocenters. The maximum Gasteiger partial charge on any atom is 0.0593 e. The van der Waals surface area contributed by atoms with E-state index in [2.05, 4.69) is 31.1 Å². The van der Waals surface area contributed by atoms with Crippen molar-refractivity contribution in [3.8, 4) is 0 Å². The average Bonchev–Trinajstić information content (AvgIpc) is 2.24. The molecule has 0 aliphatic rings. The normalized spacial score (nSPS) is 13.4. The van der Waals surface area contributed by atoms with Gasteiger partial charge in [-0.1, -0.05) is 20.3 Å². The number of likely N-dealkylation sites (N-methyl/N-ethyl adjacent to an activating group) is 2. The van der Waals surface area contributed by atoms with E-state index in [1.165, 1.54) is 12.8 Å². The van der Waals surface area contributed by atoms with Gasteiger partial charge in [0.05, 0.1) is 6.61 Å². The first-order valence-corrected chi connectivity index (χ1v) is 6.24. The third kappa shape index (κ3) is 7.77. The molecule has 1 N–H and O–H groups in total. The third-order valence-electron chi connectivity index (χ3n) is 2.67. The molecular weight excluding hydrogens is 188 g/mol. The van der Waals surface area contributed by atoms with Gasteiger partial charge in [0.15, 0.2) is 0 Å². The van der Waals surface area contributed by atoms with Crippen molar-refractivity contribution in [1.82, 2.24) is 10.2 Å². The highest BCUT2D eigenvalue weighted by molar-refractivity contribution is 4.70. The fraction of sp³-hybridized carbons (Fsp3) is 1.00. The zero-order valence-electron chi connectivity index (χ0n) is 10.9. The van der Waals surface area contributed by atoms with Crippen LogP contribution in [0.5, 0.6) is 0 Å². The van der Waals surface area contributed by atoms with Crippen molar-refractivity contribution in [3.05, 3.63) is 0 Å². The average molecular weight is 216 g/mol. The molecule has 0 heterocycles. The molecule has 0 bridgehead atoms. The SMILES string of the molecule is CCCC(CNCC)N(C)CCOCC. The Hall–Kier alpha value is -0.120. The molecule has 15 heavy (non-hydrogen) atoms. The van der Waals surface area contributed by atoms with Crippen LogP contribution in [0, 0.1) is 0 Å². The predicted octanol–water partition coefficient (Wildman–Crippen LogP) is 1.73. The lowest BCUT2D eigenvalue weighted by atomic mass is 10.1. The minimum atomic E-state index is 0.649. The molecule has 0 saturated carbocycles. The van der Waals surface area contributed by atoms with Crippen LogP contribution in [0.25, 0.3) is 0 Å². The van der Waals surface area contributed by atoms with Gasteiger partial charge in [-0.25, -0.2) is 0 Å². The van der Waals surface area contributed by atoms with Crippen LogP contribution in [-0.4, -0.2) is 50.8 Å². The molecule has 92 valence electrons. The smallest absolute Gasteiger partial charge is 0.0593 e. The van der Waals surface area contributed by atoms with Gasteiger partial charge in [0.1, 0.15) is 0 Å². The van der Waals surface area contributed by atoms with E-state index in [0.29, 0.717) is 6.04 Å².